The van der Waals surface area contributed by atoms with E-state index in [-0.39, 0.29) is 17.8 Å². The van der Waals surface area contributed by atoms with Crippen LogP contribution in [0.25, 0.3) is 0 Å². The largest absolute Gasteiger partial charge is 0.354 e. The summed E-state index contributed by atoms with van der Waals surface area (Å²) in [5.74, 6) is 0.960. The first kappa shape index (κ1) is 19.7. The van der Waals surface area contributed by atoms with Gasteiger partial charge in [-0.2, -0.15) is 0 Å². The Hall–Kier alpha value is -1.62. The molecule has 1 aromatic rings. The summed E-state index contributed by atoms with van der Waals surface area (Å²) in [4.78, 5) is 6.77. The third kappa shape index (κ3) is 5.99. The lowest BCUT2D eigenvalue weighted by Gasteiger charge is -2.21. The van der Waals surface area contributed by atoms with E-state index in [1.54, 1.807) is 13.1 Å². The van der Waals surface area contributed by atoms with Crippen molar-refractivity contribution in [3.8, 4) is 0 Å². The number of aliphatic imine (C=N–C) groups is 1. The first-order valence-electron chi connectivity index (χ1n) is 9.55. The Kier molecular flexibility index (Phi) is 7.69. The number of rotatable bonds is 9. The van der Waals surface area contributed by atoms with Gasteiger partial charge in [0.15, 0.2) is 5.96 Å². The van der Waals surface area contributed by atoms with Crippen molar-refractivity contribution in [2.24, 2.45) is 4.99 Å². The zero-order valence-corrected chi connectivity index (χ0v) is 16.1. The molecule has 0 bridgehead atoms. The fourth-order valence-electron chi connectivity index (χ4n) is 3.29. The molecule has 0 saturated heterocycles. The molecule has 1 aliphatic rings. The summed E-state index contributed by atoms with van der Waals surface area (Å²) in [6.07, 6.45) is 3.24. The van der Waals surface area contributed by atoms with Crippen LogP contribution in [0.15, 0.2) is 29.3 Å². The van der Waals surface area contributed by atoms with Crippen molar-refractivity contribution in [3.63, 3.8) is 0 Å². The van der Waals surface area contributed by atoms with Gasteiger partial charge in [-0.25, -0.2) is 4.39 Å². The molecule has 0 aromatic heterocycles. The monoisotopic (exact) mass is 348 g/mol. The molecule has 5 heteroatoms. The second-order valence-electron chi connectivity index (χ2n) is 6.90. The zero-order chi connectivity index (χ0) is 18.2. The molecule has 0 radical (unpaired) electrons. The maximum atomic E-state index is 13.9. The number of nitrogens with zero attached hydrogens (tertiary/aromatic N) is 2. The van der Waals surface area contributed by atoms with E-state index >= 15 is 0 Å². The lowest BCUT2D eigenvalue weighted by atomic mass is 10.1. The molecule has 4 nitrogen and oxygen atoms in total. The minimum absolute atomic E-state index is 0.107. The molecule has 2 rings (SSSR count). The molecule has 0 spiro atoms. The van der Waals surface area contributed by atoms with E-state index in [4.69, 9.17) is 0 Å². The number of nitrogens with one attached hydrogen (secondary N) is 2. The molecule has 3 atom stereocenters. The summed E-state index contributed by atoms with van der Waals surface area (Å²) in [6, 6.07) is 7.70. The summed E-state index contributed by atoms with van der Waals surface area (Å²) < 4.78 is 13.9. The van der Waals surface area contributed by atoms with Gasteiger partial charge in [0, 0.05) is 25.0 Å². The van der Waals surface area contributed by atoms with Crippen LogP contribution in [0.4, 0.5) is 4.39 Å². The molecular formula is C20H33FN4. The standard InChI is InChI=1S/C20H33FN4/c1-5-25(6-2)13-9-10-15(3)23-20(22-4)24-19-14-17(19)16-11-7-8-12-18(16)21/h7-8,11-12,15,17,19H,5-6,9-10,13-14H2,1-4H3,(H2,22,23,24). The summed E-state index contributed by atoms with van der Waals surface area (Å²) in [6.45, 7) is 9.97. The Labute approximate surface area is 151 Å². The number of hydrogen-bond acceptors (Lipinski definition) is 2. The Morgan fingerprint density at radius 3 is 2.68 bits per heavy atom. The average molecular weight is 349 g/mol. The minimum Gasteiger partial charge on any atom is -0.354 e. The van der Waals surface area contributed by atoms with E-state index in [0.717, 1.165) is 44.0 Å². The predicted molar refractivity (Wildman–Crippen MR) is 104 cm³/mol. The fourth-order valence-corrected chi connectivity index (χ4v) is 3.29. The van der Waals surface area contributed by atoms with Crippen LogP contribution in [0.1, 0.15) is 51.5 Å². The van der Waals surface area contributed by atoms with Gasteiger partial charge in [0.2, 0.25) is 0 Å². The van der Waals surface area contributed by atoms with Crippen LogP contribution in [0, 0.1) is 5.82 Å². The summed E-state index contributed by atoms with van der Waals surface area (Å²) in [7, 11) is 1.79. The Morgan fingerprint density at radius 2 is 2.04 bits per heavy atom. The van der Waals surface area contributed by atoms with Crippen LogP contribution in [0.5, 0.6) is 0 Å². The van der Waals surface area contributed by atoms with Crippen LogP contribution in [0.2, 0.25) is 0 Å². The van der Waals surface area contributed by atoms with Gasteiger partial charge in [0.25, 0.3) is 0 Å². The highest BCUT2D eigenvalue weighted by Gasteiger charge is 2.40. The van der Waals surface area contributed by atoms with Crippen molar-refractivity contribution >= 4 is 5.96 Å². The van der Waals surface area contributed by atoms with Crippen LogP contribution < -0.4 is 10.6 Å². The van der Waals surface area contributed by atoms with Crippen molar-refractivity contribution < 1.29 is 4.39 Å². The van der Waals surface area contributed by atoms with Crippen LogP contribution in [0.3, 0.4) is 0 Å². The molecule has 140 valence electrons. The lowest BCUT2D eigenvalue weighted by Crippen LogP contribution is -2.43. The molecule has 25 heavy (non-hydrogen) atoms. The Balaban J connectivity index is 1.73. The number of hydrogen-bond donors (Lipinski definition) is 2. The molecule has 0 amide bonds. The topological polar surface area (TPSA) is 39.7 Å². The van der Waals surface area contributed by atoms with Crippen LogP contribution in [-0.2, 0) is 0 Å². The number of guanidine groups is 1. The van der Waals surface area contributed by atoms with Crippen LogP contribution >= 0.6 is 0 Å². The van der Waals surface area contributed by atoms with E-state index in [1.165, 1.54) is 12.5 Å². The van der Waals surface area contributed by atoms with Crippen molar-refractivity contribution in [2.45, 2.75) is 58.0 Å². The molecule has 0 aliphatic heterocycles. The quantitative estimate of drug-likeness (QED) is 0.531. The second-order valence-corrected chi connectivity index (χ2v) is 6.90. The predicted octanol–water partition coefficient (Wildman–Crippen LogP) is 3.36. The second kappa shape index (κ2) is 9.76. The van der Waals surface area contributed by atoms with Gasteiger partial charge < -0.3 is 15.5 Å². The van der Waals surface area contributed by atoms with Gasteiger partial charge in [0.1, 0.15) is 5.82 Å². The summed E-state index contributed by atoms with van der Waals surface area (Å²) >= 11 is 0. The van der Waals surface area contributed by atoms with E-state index in [2.05, 4.69) is 41.3 Å². The summed E-state index contributed by atoms with van der Waals surface area (Å²) in [5.41, 5.74) is 0.808. The Bertz CT molecular complexity index is 556. The lowest BCUT2D eigenvalue weighted by molar-refractivity contribution is 0.292. The van der Waals surface area contributed by atoms with E-state index in [9.17, 15) is 4.39 Å². The number of halogens is 1. The van der Waals surface area contributed by atoms with Gasteiger partial charge in [-0.15, -0.1) is 0 Å². The van der Waals surface area contributed by atoms with Gasteiger partial charge in [-0.3, -0.25) is 4.99 Å². The molecule has 1 saturated carbocycles. The number of benzene rings is 1. The zero-order valence-electron chi connectivity index (χ0n) is 16.1. The normalized spacial score (nSPS) is 21.3. The van der Waals surface area contributed by atoms with Gasteiger partial charge in [-0.05, 0) is 57.5 Å². The van der Waals surface area contributed by atoms with Gasteiger partial charge in [-0.1, -0.05) is 32.0 Å². The smallest absolute Gasteiger partial charge is 0.191 e. The van der Waals surface area contributed by atoms with Crippen LogP contribution in [-0.4, -0.2) is 49.6 Å². The fraction of sp³-hybridized carbons (Fsp3) is 0.650. The van der Waals surface area contributed by atoms with E-state index in [0.29, 0.717) is 6.04 Å². The SMILES string of the molecule is CCN(CC)CCCC(C)NC(=NC)NC1CC1c1ccccc1F. The third-order valence-corrected chi connectivity index (χ3v) is 5.03. The molecule has 1 aromatic carbocycles. The molecular weight excluding hydrogens is 315 g/mol. The molecule has 0 heterocycles. The van der Waals surface area contributed by atoms with Crippen molar-refractivity contribution in [1.82, 2.24) is 15.5 Å². The molecule has 1 fully saturated rings. The van der Waals surface area contributed by atoms with Crippen molar-refractivity contribution in [3.05, 3.63) is 35.6 Å². The van der Waals surface area contributed by atoms with Crippen molar-refractivity contribution in [2.75, 3.05) is 26.7 Å². The molecule has 2 N–H and O–H groups in total. The van der Waals surface area contributed by atoms with Gasteiger partial charge in [0.05, 0.1) is 0 Å². The highest BCUT2D eigenvalue weighted by atomic mass is 19.1. The van der Waals surface area contributed by atoms with Crippen molar-refractivity contribution in [1.29, 1.82) is 0 Å². The first-order valence-corrected chi connectivity index (χ1v) is 9.55. The Morgan fingerprint density at radius 1 is 1.32 bits per heavy atom. The van der Waals surface area contributed by atoms with E-state index < -0.39 is 0 Å². The average Bonchev–Trinajstić information content (AvgIpc) is 3.37. The third-order valence-electron chi connectivity index (χ3n) is 5.03. The molecule has 3 unspecified atom stereocenters. The van der Waals surface area contributed by atoms with E-state index in [1.807, 2.05) is 12.1 Å². The maximum absolute atomic E-state index is 13.9. The molecule has 1 aliphatic carbocycles. The minimum atomic E-state index is -0.107. The first-order chi connectivity index (χ1) is 12.1. The summed E-state index contributed by atoms with van der Waals surface area (Å²) in [5, 5.41) is 6.89. The highest BCUT2D eigenvalue weighted by Crippen LogP contribution is 2.41. The maximum Gasteiger partial charge on any atom is 0.191 e. The highest BCUT2D eigenvalue weighted by molar-refractivity contribution is 5.80. The van der Waals surface area contributed by atoms with Gasteiger partial charge >= 0.3 is 0 Å².